The van der Waals surface area contributed by atoms with Gasteiger partial charge in [0.05, 0.1) is 14.2 Å². The lowest BCUT2D eigenvalue weighted by molar-refractivity contribution is 0.0446. The smallest absolute Gasteiger partial charge is 0.497 e. The number of hydrogen-bond donors (Lipinski definition) is 0. The van der Waals surface area contributed by atoms with Crippen molar-refractivity contribution in [3.8, 4) is 11.5 Å². The summed E-state index contributed by atoms with van der Waals surface area (Å²) >= 11 is 0. The Balaban J connectivity index is 1.74. The zero-order valence-electron chi connectivity index (χ0n) is 12.6. The van der Waals surface area contributed by atoms with E-state index in [1.165, 1.54) is 0 Å². The van der Waals surface area contributed by atoms with E-state index in [1.807, 2.05) is 24.3 Å². The third-order valence-electron chi connectivity index (χ3n) is 3.03. The van der Waals surface area contributed by atoms with Crippen LogP contribution in [-0.2, 0) is 22.7 Å². The molecule has 0 heterocycles. The molecule has 2 aromatic carbocycles. The topological polar surface area (TPSA) is 54.0 Å². The molecule has 0 aliphatic rings. The Morgan fingerprint density at radius 3 is 1.41 bits per heavy atom. The van der Waals surface area contributed by atoms with E-state index in [2.05, 4.69) is 0 Å². The first-order chi connectivity index (χ1) is 10.7. The fraction of sp³-hybridized carbons (Fsp3) is 0.235. The molecular formula is C17H18O5. The van der Waals surface area contributed by atoms with Crippen LogP contribution >= 0.6 is 0 Å². The third-order valence-corrected chi connectivity index (χ3v) is 3.03. The molecule has 0 unspecified atom stereocenters. The Labute approximate surface area is 129 Å². The minimum atomic E-state index is -0.702. The van der Waals surface area contributed by atoms with E-state index in [4.69, 9.17) is 18.9 Å². The second kappa shape index (κ2) is 7.93. The number of carbonyl (C=O) groups excluding carboxylic acids is 1. The summed E-state index contributed by atoms with van der Waals surface area (Å²) in [4.78, 5) is 11.5. The van der Waals surface area contributed by atoms with E-state index in [0.29, 0.717) is 0 Å². The van der Waals surface area contributed by atoms with Gasteiger partial charge in [0.15, 0.2) is 0 Å². The maximum absolute atomic E-state index is 11.5. The molecule has 0 fully saturated rings. The minimum absolute atomic E-state index is 0.158. The van der Waals surface area contributed by atoms with Crippen LogP contribution in [0.25, 0.3) is 0 Å². The van der Waals surface area contributed by atoms with Gasteiger partial charge in [0.2, 0.25) is 0 Å². The maximum atomic E-state index is 11.5. The summed E-state index contributed by atoms with van der Waals surface area (Å²) in [6.07, 6.45) is -0.702. The van der Waals surface area contributed by atoms with Crippen LogP contribution in [0.4, 0.5) is 4.79 Å². The summed E-state index contributed by atoms with van der Waals surface area (Å²) in [5.74, 6) is 1.51. The molecule has 2 rings (SSSR count). The largest absolute Gasteiger partial charge is 0.508 e. The van der Waals surface area contributed by atoms with Gasteiger partial charge in [0, 0.05) is 0 Å². The molecule has 0 N–H and O–H groups in total. The summed E-state index contributed by atoms with van der Waals surface area (Å²) in [5.41, 5.74) is 1.73. The van der Waals surface area contributed by atoms with E-state index in [9.17, 15) is 4.79 Å². The zero-order valence-corrected chi connectivity index (χ0v) is 12.6. The van der Waals surface area contributed by atoms with E-state index >= 15 is 0 Å². The molecule has 0 aliphatic carbocycles. The predicted molar refractivity (Wildman–Crippen MR) is 81.0 cm³/mol. The lowest BCUT2D eigenvalue weighted by Crippen LogP contribution is -2.07. The van der Waals surface area contributed by atoms with Crippen molar-refractivity contribution in [2.24, 2.45) is 0 Å². The van der Waals surface area contributed by atoms with Crippen molar-refractivity contribution in [1.82, 2.24) is 0 Å². The molecule has 0 spiro atoms. The number of benzene rings is 2. The van der Waals surface area contributed by atoms with Crippen LogP contribution in [0.3, 0.4) is 0 Å². The van der Waals surface area contributed by atoms with Crippen molar-refractivity contribution >= 4 is 6.16 Å². The summed E-state index contributed by atoms with van der Waals surface area (Å²) in [6, 6.07) is 14.5. The molecular weight excluding hydrogens is 284 g/mol. The summed E-state index contributed by atoms with van der Waals surface area (Å²) in [7, 11) is 3.20. The van der Waals surface area contributed by atoms with Crippen LogP contribution in [0.5, 0.6) is 11.5 Å². The first-order valence-corrected chi connectivity index (χ1v) is 6.76. The Morgan fingerprint density at radius 2 is 1.09 bits per heavy atom. The summed E-state index contributed by atoms with van der Waals surface area (Å²) in [5, 5.41) is 0. The minimum Gasteiger partial charge on any atom is -0.497 e. The van der Waals surface area contributed by atoms with Crippen molar-refractivity contribution in [2.45, 2.75) is 13.2 Å². The molecule has 0 bridgehead atoms. The lowest BCUT2D eigenvalue weighted by atomic mass is 10.2. The molecule has 116 valence electrons. The second-order valence-electron chi connectivity index (χ2n) is 4.52. The summed E-state index contributed by atoms with van der Waals surface area (Å²) in [6.45, 7) is 0.316. The zero-order chi connectivity index (χ0) is 15.8. The Bertz CT molecular complexity index is 536. The van der Waals surface area contributed by atoms with E-state index in [-0.39, 0.29) is 13.2 Å². The van der Waals surface area contributed by atoms with Crippen molar-refractivity contribution < 1.29 is 23.7 Å². The fourth-order valence-corrected chi connectivity index (χ4v) is 1.77. The summed E-state index contributed by atoms with van der Waals surface area (Å²) < 4.78 is 20.2. The third kappa shape index (κ3) is 4.70. The van der Waals surface area contributed by atoms with Gasteiger partial charge in [0.25, 0.3) is 0 Å². The van der Waals surface area contributed by atoms with Gasteiger partial charge in [-0.05, 0) is 35.4 Å². The van der Waals surface area contributed by atoms with E-state index in [1.54, 1.807) is 38.5 Å². The van der Waals surface area contributed by atoms with Crippen molar-refractivity contribution in [2.75, 3.05) is 14.2 Å². The standard InChI is InChI=1S/C17H18O5/c1-19-15-7-3-13(4-8-15)11-21-17(18)22-12-14-5-9-16(20-2)10-6-14/h3-10H,11-12H2,1-2H3. The predicted octanol–water partition coefficient (Wildman–Crippen LogP) is 3.56. The van der Waals surface area contributed by atoms with Crippen LogP contribution in [0, 0.1) is 0 Å². The maximum Gasteiger partial charge on any atom is 0.508 e. The molecule has 5 nitrogen and oxygen atoms in total. The van der Waals surface area contributed by atoms with Crippen LogP contribution in [0.1, 0.15) is 11.1 Å². The van der Waals surface area contributed by atoms with E-state index in [0.717, 1.165) is 22.6 Å². The van der Waals surface area contributed by atoms with Crippen molar-refractivity contribution in [1.29, 1.82) is 0 Å². The normalized spacial score (nSPS) is 9.91. The number of hydrogen-bond acceptors (Lipinski definition) is 5. The van der Waals surface area contributed by atoms with Crippen LogP contribution < -0.4 is 9.47 Å². The van der Waals surface area contributed by atoms with Crippen LogP contribution in [0.15, 0.2) is 48.5 Å². The molecule has 0 aromatic heterocycles. The molecule has 0 amide bonds. The Hall–Kier alpha value is -2.69. The molecule has 0 saturated heterocycles. The highest BCUT2D eigenvalue weighted by atomic mass is 16.7. The molecule has 0 saturated carbocycles. The molecule has 2 aromatic rings. The average Bonchev–Trinajstić information content (AvgIpc) is 2.59. The Kier molecular flexibility index (Phi) is 5.65. The molecule has 5 heteroatoms. The molecule has 22 heavy (non-hydrogen) atoms. The van der Waals surface area contributed by atoms with Gasteiger partial charge in [-0.3, -0.25) is 0 Å². The van der Waals surface area contributed by atoms with Gasteiger partial charge >= 0.3 is 6.16 Å². The van der Waals surface area contributed by atoms with Gasteiger partial charge in [-0.15, -0.1) is 0 Å². The lowest BCUT2D eigenvalue weighted by Gasteiger charge is -2.07. The first kappa shape index (κ1) is 15.7. The molecule has 0 aliphatic heterocycles. The van der Waals surface area contributed by atoms with E-state index < -0.39 is 6.16 Å². The molecule has 0 atom stereocenters. The monoisotopic (exact) mass is 302 g/mol. The van der Waals surface area contributed by atoms with Crippen molar-refractivity contribution in [3.05, 3.63) is 59.7 Å². The second-order valence-corrected chi connectivity index (χ2v) is 4.52. The van der Waals surface area contributed by atoms with Gasteiger partial charge in [-0.2, -0.15) is 0 Å². The Morgan fingerprint density at radius 1 is 0.727 bits per heavy atom. The fourth-order valence-electron chi connectivity index (χ4n) is 1.77. The first-order valence-electron chi connectivity index (χ1n) is 6.76. The van der Waals surface area contributed by atoms with Crippen LogP contribution in [-0.4, -0.2) is 20.4 Å². The molecule has 0 radical (unpaired) electrons. The highest BCUT2D eigenvalue weighted by molar-refractivity contribution is 5.60. The average molecular weight is 302 g/mol. The van der Waals surface area contributed by atoms with Crippen molar-refractivity contribution in [3.63, 3.8) is 0 Å². The van der Waals surface area contributed by atoms with Gasteiger partial charge < -0.3 is 18.9 Å². The number of ether oxygens (including phenoxy) is 4. The number of rotatable bonds is 6. The SMILES string of the molecule is COc1ccc(COC(=O)OCc2ccc(OC)cc2)cc1. The van der Waals surface area contributed by atoms with Gasteiger partial charge in [-0.1, -0.05) is 24.3 Å². The number of carbonyl (C=O) groups is 1. The van der Waals surface area contributed by atoms with Gasteiger partial charge in [-0.25, -0.2) is 4.79 Å². The van der Waals surface area contributed by atoms with Gasteiger partial charge in [0.1, 0.15) is 24.7 Å². The highest BCUT2D eigenvalue weighted by Crippen LogP contribution is 2.13. The number of methoxy groups -OCH3 is 2. The highest BCUT2D eigenvalue weighted by Gasteiger charge is 2.05. The van der Waals surface area contributed by atoms with Crippen LogP contribution in [0.2, 0.25) is 0 Å². The quantitative estimate of drug-likeness (QED) is 0.764.